The summed E-state index contributed by atoms with van der Waals surface area (Å²) >= 11 is 0. The maximum Gasteiger partial charge on any atom is 0.340 e. The van der Waals surface area contributed by atoms with Gasteiger partial charge in [-0.2, -0.15) is 10.2 Å². The van der Waals surface area contributed by atoms with Gasteiger partial charge in [-0.3, -0.25) is 14.5 Å². The smallest absolute Gasteiger partial charge is 0.338 e. The Morgan fingerprint density at radius 3 is 2.56 bits per heavy atom. The van der Waals surface area contributed by atoms with Crippen molar-refractivity contribution in [3.8, 4) is 0 Å². The Labute approximate surface area is 146 Å². The van der Waals surface area contributed by atoms with Crippen LogP contribution >= 0.6 is 0 Å². The van der Waals surface area contributed by atoms with Crippen LogP contribution in [0.4, 0.5) is 0 Å². The molecular weight excluding hydrogens is 320 g/mol. The number of nitrogens with zero attached hydrogens (tertiary/aromatic N) is 4. The first-order chi connectivity index (χ1) is 12.0. The summed E-state index contributed by atoms with van der Waals surface area (Å²) < 4.78 is 1.98. The topological polar surface area (TPSA) is 99.7 Å². The molecule has 0 bridgehead atoms. The molecule has 0 radical (unpaired) electrons. The molecule has 2 aromatic rings. The van der Waals surface area contributed by atoms with Crippen molar-refractivity contribution in [3.05, 3.63) is 33.8 Å². The number of hydrogen-bond acceptors (Lipinski definition) is 4. The summed E-state index contributed by atoms with van der Waals surface area (Å²) in [4.78, 5) is 28.7. The fourth-order valence-corrected chi connectivity index (χ4v) is 3.64. The van der Waals surface area contributed by atoms with E-state index in [1.807, 2.05) is 16.5 Å². The zero-order chi connectivity index (χ0) is 18.0. The molecule has 0 aliphatic carbocycles. The van der Waals surface area contributed by atoms with Gasteiger partial charge in [0.2, 0.25) is 0 Å². The highest BCUT2D eigenvalue weighted by Crippen LogP contribution is 2.26. The van der Waals surface area contributed by atoms with Crippen LogP contribution in [-0.2, 0) is 0 Å². The van der Waals surface area contributed by atoms with Crippen LogP contribution < -0.4 is 5.69 Å². The quantitative estimate of drug-likeness (QED) is 0.864. The van der Waals surface area contributed by atoms with Crippen LogP contribution in [0.2, 0.25) is 0 Å². The van der Waals surface area contributed by atoms with E-state index in [0.717, 1.165) is 31.4 Å². The first kappa shape index (κ1) is 17.4. The van der Waals surface area contributed by atoms with Crippen molar-refractivity contribution in [1.82, 2.24) is 29.9 Å². The lowest BCUT2D eigenvalue weighted by Gasteiger charge is -2.31. The number of carbonyl (C=O) groups is 1. The molecule has 3 heterocycles. The summed E-state index contributed by atoms with van der Waals surface area (Å²) in [6, 6.07) is 0.337. The highest BCUT2D eigenvalue weighted by molar-refractivity contribution is 5.95. The van der Waals surface area contributed by atoms with Gasteiger partial charge < -0.3 is 4.90 Å². The normalized spacial score (nSPS) is 15.9. The van der Waals surface area contributed by atoms with E-state index >= 15 is 0 Å². The number of nitrogens with one attached hydrogen (secondary N) is 2. The summed E-state index contributed by atoms with van der Waals surface area (Å²) in [5.74, 6) is 0.926. The Hall–Kier alpha value is -2.38. The van der Waals surface area contributed by atoms with E-state index in [9.17, 15) is 9.59 Å². The minimum absolute atomic E-state index is 0.0451. The summed E-state index contributed by atoms with van der Waals surface area (Å²) in [5.41, 5.74) is 1.36. The first-order valence-electron chi connectivity index (χ1n) is 9.03. The molecule has 136 valence electrons. The van der Waals surface area contributed by atoms with Crippen LogP contribution in [0, 0.1) is 6.92 Å². The number of H-pyrrole nitrogens is 2. The highest BCUT2D eigenvalue weighted by Gasteiger charge is 2.28. The number of aromatic nitrogens is 5. The van der Waals surface area contributed by atoms with Crippen LogP contribution in [-0.4, -0.2) is 48.9 Å². The van der Waals surface area contributed by atoms with Gasteiger partial charge in [0.05, 0.1) is 17.8 Å². The van der Waals surface area contributed by atoms with Gasteiger partial charge in [0, 0.05) is 24.7 Å². The van der Waals surface area contributed by atoms with E-state index in [1.54, 1.807) is 6.20 Å². The molecular formula is C17H26N6O2. The Morgan fingerprint density at radius 2 is 2.00 bits per heavy atom. The predicted octanol–water partition coefficient (Wildman–Crippen LogP) is 1.98. The Kier molecular flexibility index (Phi) is 5.06. The van der Waals surface area contributed by atoms with Crippen LogP contribution in [0.3, 0.4) is 0 Å². The van der Waals surface area contributed by atoms with Crippen molar-refractivity contribution in [2.45, 2.75) is 58.4 Å². The van der Waals surface area contributed by atoms with Gasteiger partial charge in [-0.1, -0.05) is 13.8 Å². The van der Waals surface area contributed by atoms with Crippen LogP contribution in [0.15, 0.2) is 11.0 Å². The maximum atomic E-state index is 12.9. The molecule has 2 aromatic heterocycles. The molecule has 8 nitrogen and oxygen atoms in total. The van der Waals surface area contributed by atoms with Gasteiger partial charge in [-0.05, 0) is 32.6 Å². The lowest BCUT2D eigenvalue weighted by atomic mass is 9.95. The minimum Gasteiger partial charge on any atom is -0.338 e. The monoisotopic (exact) mass is 346 g/mol. The molecule has 0 saturated carbocycles. The van der Waals surface area contributed by atoms with Crippen molar-refractivity contribution in [3.63, 3.8) is 0 Å². The minimum atomic E-state index is -0.280. The lowest BCUT2D eigenvalue weighted by molar-refractivity contribution is 0.0710. The molecule has 0 atom stereocenters. The fourth-order valence-electron chi connectivity index (χ4n) is 3.64. The molecule has 0 unspecified atom stereocenters. The summed E-state index contributed by atoms with van der Waals surface area (Å²) in [6.45, 7) is 7.57. The van der Waals surface area contributed by atoms with E-state index in [1.165, 1.54) is 0 Å². The molecule has 3 rings (SSSR count). The average Bonchev–Trinajstić information content (AvgIpc) is 3.22. The van der Waals surface area contributed by atoms with Gasteiger partial charge in [0.15, 0.2) is 0 Å². The Balaban J connectivity index is 1.68. The van der Waals surface area contributed by atoms with Crippen LogP contribution in [0.5, 0.6) is 0 Å². The van der Waals surface area contributed by atoms with Crippen molar-refractivity contribution in [2.24, 2.45) is 0 Å². The average molecular weight is 346 g/mol. The third kappa shape index (κ3) is 3.38. The van der Waals surface area contributed by atoms with Gasteiger partial charge >= 0.3 is 5.69 Å². The number of carbonyl (C=O) groups excluding carboxylic acids is 1. The van der Waals surface area contributed by atoms with Crippen molar-refractivity contribution in [2.75, 3.05) is 13.1 Å². The second-order valence-corrected chi connectivity index (χ2v) is 6.69. The zero-order valence-electron chi connectivity index (χ0n) is 15.1. The third-order valence-electron chi connectivity index (χ3n) is 5.25. The van der Waals surface area contributed by atoms with Gasteiger partial charge in [0.1, 0.15) is 5.82 Å². The molecule has 0 aromatic carbocycles. The molecule has 8 heteroatoms. The number of amides is 1. The zero-order valence-corrected chi connectivity index (χ0v) is 15.1. The Bertz CT molecular complexity index is 777. The highest BCUT2D eigenvalue weighted by atomic mass is 16.2. The van der Waals surface area contributed by atoms with E-state index in [-0.39, 0.29) is 17.5 Å². The lowest BCUT2D eigenvalue weighted by Crippen LogP contribution is -2.38. The summed E-state index contributed by atoms with van der Waals surface area (Å²) in [6.07, 6.45) is 5.30. The number of aromatic amines is 2. The predicted molar refractivity (Wildman–Crippen MR) is 93.7 cm³/mol. The van der Waals surface area contributed by atoms with Gasteiger partial charge in [-0.15, -0.1) is 0 Å². The molecule has 1 aliphatic heterocycles. The van der Waals surface area contributed by atoms with E-state index in [4.69, 9.17) is 0 Å². The fraction of sp³-hybridized carbons (Fsp3) is 0.647. The van der Waals surface area contributed by atoms with Gasteiger partial charge in [0.25, 0.3) is 5.91 Å². The molecule has 1 fully saturated rings. The standard InChI is InChI=1S/C17H26N6O2/c1-4-13(5-2)23-11(3)14(10-18-23)16(24)22-8-6-12(7-9-22)15-19-17(25)21-20-15/h10,12-13H,4-9H2,1-3H3,(H2,19,20,21,25). The molecule has 1 amide bonds. The van der Waals surface area contributed by atoms with Crippen molar-refractivity contribution >= 4 is 5.91 Å². The molecule has 0 spiro atoms. The summed E-state index contributed by atoms with van der Waals surface area (Å²) in [5, 5.41) is 10.9. The molecule has 25 heavy (non-hydrogen) atoms. The number of rotatable bonds is 5. The molecule has 1 aliphatic rings. The van der Waals surface area contributed by atoms with Crippen molar-refractivity contribution in [1.29, 1.82) is 0 Å². The van der Waals surface area contributed by atoms with Crippen LogP contribution in [0.25, 0.3) is 0 Å². The van der Waals surface area contributed by atoms with Crippen LogP contribution in [0.1, 0.15) is 73.4 Å². The van der Waals surface area contributed by atoms with Crippen molar-refractivity contribution < 1.29 is 4.79 Å². The second kappa shape index (κ2) is 7.25. The van der Waals surface area contributed by atoms with E-state index in [0.29, 0.717) is 30.5 Å². The third-order valence-corrected chi connectivity index (χ3v) is 5.25. The molecule has 1 saturated heterocycles. The number of piperidine rings is 1. The number of hydrogen-bond donors (Lipinski definition) is 2. The van der Waals surface area contributed by atoms with Gasteiger partial charge in [-0.25, -0.2) is 9.89 Å². The SMILES string of the molecule is CCC(CC)n1ncc(C(=O)N2CCC(c3n[nH]c(=O)[nH]3)CC2)c1C. The van der Waals surface area contributed by atoms with E-state index in [2.05, 4.69) is 34.1 Å². The first-order valence-corrected chi connectivity index (χ1v) is 9.03. The largest absolute Gasteiger partial charge is 0.340 e. The second-order valence-electron chi connectivity index (χ2n) is 6.69. The Morgan fingerprint density at radius 1 is 1.32 bits per heavy atom. The molecule has 2 N–H and O–H groups in total. The number of likely N-dealkylation sites (tertiary alicyclic amines) is 1. The van der Waals surface area contributed by atoms with E-state index < -0.39 is 0 Å². The summed E-state index contributed by atoms with van der Waals surface area (Å²) in [7, 11) is 0. The maximum absolute atomic E-state index is 12.9.